The molecule has 1 aromatic carbocycles. The minimum Gasteiger partial charge on any atom is -0.496 e. The van der Waals surface area contributed by atoms with E-state index in [2.05, 4.69) is 35.5 Å². The van der Waals surface area contributed by atoms with Crippen LogP contribution in [0.15, 0.2) is 29.3 Å². The Hall–Kier alpha value is -1.02. The first kappa shape index (κ1) is 20.3. The minimum atomic E-state index is 0. The highest BCUT2D eigenvalue weighted by Gasteiger charge is 2.59. The van der Waals surface area contributed by atoms with Crippen molar-refractivity contribution in [2.45, 2.75) is 38.8 Å². The predicted octanol–water partition coefficient (Wildman–Crippen LogP) is 2.83. The zero-order chi connectivity index (χ0) is 17.2. The van der Waals surface area contributed by atoms with Gasteiger partial charge in [0.2, 0.25) is 0 Å². The molecule has 3 unspecified atom stereocenters. The molecule has 1 saturated carbocycles. The predicted molar refractivity (Wildman–Crippen MR) is 112 cm³/mol. The highest BCUT2D eigenvalue weighted by atomic mass is 127. The molecule has 0 spiro atoms. The molecule has 1 aliphatic heterocycles. The molecular weight excluding hydrogens is 429 g/mol. The fourth-order valence-corrected chi connectivity index (χ4v) is 4.18. The van der Waals surface area contributed by atoms with Crippen molar-refractivity contribution < 1.29 is 9.47 Å². The number of benzene rings is 1. The van der Waals surface area contributed by atoms with Crippen molar-refractivity contribution in [3.63, 3.8) is 0 Å². The van der Waals surface area contributed by atoms with E-state index in [0.29, 0.717) is 18.1 Å². The lowest BCUT2D eigenvalue weighted by Gasteiger charge is -2.54. The maximum atomic E-state index is 5.86. The molecule has 2 fully saturated rings. The molecule has 1 aromatic rings. The molecule has 6 heteroatoms. The number of hydrogen-bond donors (Lipinski definition) is 2. The highest BCUT2D eigenvalue weighted by Crippen LogP contribution is 2.52. The van der Waals surface area contributed by atoms with E-state index in [1.54, 1.807) is 7.11 Å². The van der Waals surface area contributed by atoms with Crippen LogP contribution in [0.2, 0.25) is 0 Å². The third-order valence-corrected chi connectivity index (χ3v) is 5.50. The second-order valence-corrected chi connectivity index (χ2v) is 7.25. The third-order valence-electron chi connectivity index (χ3n) is 5.50. The molecule has 3 rings (SSSR count). The summed E-state index contributed by atoms with van der Waals surface area (Å²) >= 11 is 0. The van der Waals surface area contributed by atoms with Crippen LogP contribution in [0.1, 0.15) is 25.8 Å². The van der Waals surface area contributed by atoms with E-state index in [0.717, 1.165) is 37.7 Å². The van der Waals surface area contributed by atoms with Gasteiger partial charge in [-0.3, -0.25) is 4.99 Å². The molecule has 5 nitrogen and oxygen atoms in total. The Labute approximate surface area is 168 Å². The summed E-state index contributed by atoms with van der Waals surface area (Å²) in [5, 5.41) is 7.04. The lowest BCUT2D eigenvalue weighted by molar-refractivity contribution is -0.106. The van der Waals surface area contributed by atoms with Gasteiger partial charge in [0.1, 0.15) is 5.75 Å². The summed E-state index contributed by atoms with van der Waals surface area (Å²) in [4.78, 5) is 4.39. The van der Waals surface area contributed by atoms with E-state index >= 15 is 0 Å². The largest absolute Gasteiger partial charge is 0.496 e. The van der Waals surface area contributed by atoms with Crippen molar-refractivity contribution in [1.29, 1.82) is 0 Å². The molecule has 1 saturated heterocycles. The molecule has 140 valence electrons. The topological polar surface area (TPSA) is 54.9 Å². The number of para-hydroxylation sites is 1. The first-order valence-electron chi connectivity index (χ1n) is 8.78. The SMILES string of the molecule is CN=C(NCCc1ccccc1OC)NC1C2CCOC2C1(C)C.I. The molecule has 0 bridgehead atoms. The molecule has 3 atom stereocenters. The van der Waals surface area contributed by atoms with Gasteiger partial charge in [-0.25, -0.2) is 0 Å². The van der Waals surface area contributed by atoms with Gasteiger partial charge in [-0.2, -0.15) is 0 Å². The van der Waals surface area contributed by atoms with Crippen molar-refractivity contribution in [2.75, 3.05) is 27.3 Å². The van der Waals surface area contributed by atoms with E-state index < -0.39 is 0 Å². The smallest absolute Gasteiger partial charge is 0.191 e. The molecule has 2 aliphatic rings. The standard InChI is InChI=1S/C19H29N3O2.HI/c1-19(2)16(14-10-12-24-17(14)19)22-18(20-3)21-11-9-13-7-5-6-8-15(13)23-4;/h5-8,14,16-17H,9-12H2,1-4H3,(H2,20,21,22);1H. The number of guanidine groups is 1. The number of nitrogens with one attached hydrogen (secondary N) is 2. The van der Waals surface area contributed by atoms with Gasteiger partial charge >= 0.3 is 0 Å². The molecule has 1 heterocycles. The number of rotatable bonds is 5. The molecule has 25 heavy (non-hydrogen) atoms. The van der Waals surface area contributed by atoms with Gasteiger partial charge < -0.3 is 20.1 Å². The summed E-state index contributed by atoms with van der Waals surface area (Å²) in [6.07, 6.45) is 2.43. The van der Waals surface area contributed by atoms with E-state index in [-0.39, 0.29) is 29.4 Å². The number of methoxy groups -OCH3 is 1. The van der Waals surface area contributed by atoms with Crippen LogP contribution < -0.4 is 15.4 Å². The lowest BCUT2D eigenvalue weighted by Crippen LogP contribution is -2.68. The van der Waals surface area contributed by atoms with Crippen LogP contribution in [0.4, 0.5) is 0 Å². The van der Waals surface area contributed by atoms with Gasteiger partial charge in [-0.05, 0) is 24.5 Å². The summed E-state index contributed by atoms with van der Waals surface area (Å²) in [5.41, 5.74) is 1.36. The van der Waals surface area contributed by atoms with Gasteiger partial charge in [0.05, 0.1) is 13.2 Å². The van der Waals surface area contributed by atoms with Crippen LogP contribution in [0, 0.1) is 11.3 Å². The minimum absolute atomic E-state index is 0. The summed E-state index contributed by atoms with van der Waals surface area (Å²) in [7, 11) is 3.54. The number of nitrogens with zero attached hydrogens (tertiary/aromatic N) is 1. The summed E-state index contributed by atoms with van der Waals surface area (Å²) in [5.74, 6) is 2.41. The van der Waals surface area contributed by atoms with Crippen molar-refractivity contribution in [1.82, 2.24) is 10.6 Å². The van der Waals surface area contributed by atoms with Crippen LogP contribution >= 0.6 is 24.0 Å². The number of hydrogen-bond acceptors (Lipinski definition) is 3. The molecule has 0 radical (unpaired) electrons. The van der Waals surface area contributed by atoms with E-state index in [1.165, 1.54) is 5.56 Å². The van der Waals surface area contributed by atoms with Crippen LogP contribution in [-0.4, -0.2) is 45.4 Å². The number of halogens is 1. The van der Waals surface area contributed by atoms with Crippen molar-refractivity contribution in [3.05, 3.63) is 29.8 Å². The fraction of sp³-hybridized carbons (Fsp3) is 0.632. The van der Waals surface area contributed by atoms with Crippen LogP contribution in [0.3, 0.4) is 0 Å². The van der Waals surface area contributed by atoms with E-state index in [1.807, 2.05) is 25.2 Å². The van der Waals surface area contributed by atoms with E-state index in [9.17, 15) is 0 Å². The Bertz CT molecular complexity index is 606. The Balaban J connectivity index is 0.00000225. The van der Waals surface area contributed by atoms with Crippen molar-refractivity contribution in [3.8, 4) is 5.75 Å². The quantitative estimate of drug-likeness (QED) is 0.404. The zero-order valence-corrected chi connectivity index (χ0v) is 17.9. The Morgan fingerprint density at radius 2 is 2.12 bits per heavy atom. The molecule has 0 aromatic heterocycles. The second-order valence-electron chi connectivity index (χ2n) is 7.25. The van der Waals surface area contributed by atoms with Crippen LogP contribution in [-0.2, 0) is 11.2 Å². The monoisotopic (exact) mass is 459 g/mol. The van der Waals surface area contributed by atoms with Crippen molar-refractivity contribution in [2.24, 2.45) is 16.3 Å². The van der Waals surface area contributed by atoms with Gasteiger partial charge in [0.15, 0.2) is 5.96 Å². The maximum Gasteiger partial charge on any atom is 0.191 e. The summed E-state index contributed by atoms with van der Waals surface area (Å²) in [6.45, 7) is 6.26. The molecule has 1 aliphatic carbocycles. The average Bonchev–Trinajstić information content (AvgIpc) is 3.05. The van der Waals surface area contributed by atoms with Crippen LogP contribution in [0.5, 0.6) is 5.75 Å². The average molecular weight is 459 g/mol. The fourth-order valence-electron chi connectivity index (χ4n) is 4.18. The second kappa shape index (κ2) is 8.58. The Morgan fingerprint density at radius 1 is 1.36 bits per heavy atom. The first-order chi connectivity index (χ1) is 11.6. The zero-order valence-electron chi connectivity index (χ0n) is 15.5. The first-order valence-corrected chi connectivity index (χ1v) is 8.78. The van der Waals surface area contributed by atoms with Crippen LogP contribution in [0.25, 0.3) is 0 Å². The molecule has 2 N–H and O–H groups in total. The number of aliphatic imine (C=N–C) groups is 1. The van der Waals surface area contributed by atoms with Gasteiger partial charge in [-0.15, -0.1) is 24.0 Å². The molecular formula is C19H30IN3O2. The molecule has 0 amide bonds. The van der Waals surface area contributed by atoms with Crippen molar-refractivity contribution >= 4 is 29.9 Å². The normalized spacial score (nSPS) is 26.9. The van der Waals surface area contributed by atoms with Gasteiger partial charge in [-0.1, -0.05) is 32.0 Å². The summed E-state index contributed by atoms with van der Waals surface area (Å²) < 4.78 is 11.3. The highest BCUT2D eigenvalue weighted by molar-refractivity contribution is 14.0. The maximum absolute atomic E-state index is 5.86. The van der Waals surface area contributed by atoms with Gasteiger partial charge in [0.25, 0.3) is 0 Å². The van der Waals surface area contributed by atoms with E-state index in [4.69, 9.17) is 9.47 Å². The Morgan fingerprint density at radius 3 is 2.84 bits per heavy atom. The lowest BCUT2D eigenvalue weighted by atomic mass is 9.57. The third kappa shape index (κ3) is 4.05. The Kier molecular flexibility index (Phi) is 6.96. The number of ether oxygens (including phenoxy) is 2. The summed E-state index contributed by atoms with van der Waals surface area (Å²) in [6, 6.07) is 8.56. The number of fused-ring (bicyclic) bond motifs is 1. The van der Waals surface area contributed by atoms with Gasteiger partial charge in [0, 0.05) is 37.6 Å².